The summed E-state index contributed by atoms with van der Waals surface area (Å²) in [5.74, 6) is -1.04. The van der Waals surface area contributed by atoms with E-state index in [2.05, 4.69) is 37.2 Å². The summed E-state index contributed by atoms with van der Waals surface area (Å²) in [4.78, 5) is 0. The van der Waals surface area contributed by atoms with Crippen molar-refractivity contribution in [3.05, 3.63) is 61.5 Å². The van der Waals surface area contributed by atoms with Crippen LogP contribution < -0.4 is 5.32 Å². The predicted octanol–water partition coefficient (Wildman–Crippen LogP) is 5.76. The highest BCUT2D eigenvalue weighted by Crippen LogP contribution is 2.26. The van der Waals surface area contributed by atoms with Crippen LogP contribution in [0.4, 0.5) is 14.5 Å². The lowest BCUT2D eigenvalue weighted by molar-refractivity contribution is 0.596. The summed E-state index contributed by atoms with van der Waals surface area (Å²) >= 11 is 12.2. The second-order valence-corrected chi connectivity index (χ2v) is 5.98. The zero-order valence-electron chi connectivity index (χ0n) is 9.48. The second-order valence-electron chi connectivity index (χ2n) is 3.84. The molecule has 0 atom stereocenters. The topological polar surface area (TPSA) is 12.0 Å². The van der Waals surface area contributed by atoms with E-state index < -0.39 is 11.6 Å². The Labute approximate surface area is 131 Å². The Morgan fingerprint density at radius 3 is 2.47 bits per heavy atom. The molecule has 0 aliphatic rings. The number of hydrogen-bond acceptors (Lipinski definition) is 1. The van der Waals surface area contributed by atoms with Crippen LogP contribution in [0.3, 0.4) is 0 Å². The predicted molar refractivity (Wildman–Crippen MR) is 80.5 cm³/mol. The molecule has 0 bridgehead atoms. The summed E-state index contributed by atoms with van der Waals surface area (Å²) < 4.78 is 27.9. The van der Waals surface area contributed by atoms with Crippen molar-refractivity contribution >= 4 is 49.1 Å². The van der Waals surface area contributed by atoms with E-state index >= 15 is 0 Å². The van der Waals surface area contributed by atoms with Crippen LogP contribution in [0.5, 0.6) is 0 Å². The first-order chi connectivity index (χ1) is 8.97. The van der Waals surface area contributed by atoms with Crippen molar-refractivity contribution in [2.75, 3.05) is 5.32 Å². The molecule has 2 rings (SSSR count). The van der Waals surface area contributed by atoms with Gasteiger partial charge in [-0.3, -0.25) is 0 Å². The van der Waals surface area contributed by atoms with E-state index in [1.54, 1.807) is 18.2 Å². The van der Waals surface area contributed by atoms with Crippen molar-refractivity contribution < 1.29 is 8.78 Å². The molecule has 0 saturated carbocycles. The number of nitrogens with one attached hydrogen (secondary N) is 1. The molecule has 0 unspecified atom stereocenters. The highest BCUT2D eigenvalue weighted by atomic mass is 79.9. The average Bonchev–Trinajstić information content (AvgIpc) is 2.36. The first-order valence-electron chi connectivity index (χ1n) is 5.29. The molecule has 0 amide bonds. The first-order valence-corrected chi connectivity index (χ1v) is 7.26. The molecule has 0 spiro atoms. The lowest BCUT2D eigenvalue weighted by Crippen LogP contribution is -2.03. The van der Waals surface area contributed by atoms with E-state index in [9.17, 15) is 8.78 Å². The summed E-state index contributed by atoms with van der Waals surface area (Å²) in [6.45, 7) is 0.332. The first kappa shape index (κ1) is 14.8. The van der Waals surface area contributed by atoms with Crippen LogP contribution in [0.2, 0.25) is 5.02 Å². The fourth-order valence-corrected chi connectivity index (χ4v) is 2.42. The molecule has 1 N–H and O–H groups in total. The van der Waals surface area contributed by atoms with Crippen molar-refractivity contribution in [1.82, 2.24) is 0 Å². The number of rotatable bonds is 3. The Morgan fingerprint density at radius 1 is 1.00 bits per heavy atom. The molecule has 2 aromatic carbocycles. The molecule has 0 aromatic heterocycles. The summed E-state index contributed by atoms with van der Waals surface area (Å²) in [5, 5.41) is 3.43. The molecule has 0 fully saturated rings. The fourth-order valence-electron chi connectivity index (χ4n) is 1.53. The van der Waals surface area contributed by atoms with E-state index in [0.29, 0.717) is 11.6 Å². The quantitative estimate of drug-likeness (QED) is 0.634. The van der Waals surface area contributed by atoms with Gasteiger partial charge in [-0.05, 0) is 45.8 Å². The molecular formula is C13H8Br2ClF2N. The molecule has 0 saturated heterocycles. The van der Waals surface area contributed by atoms with Gasteiger partial charge < -0.3 is 5.32 Å². The zero-order valence-corrected chi connectivity index (χ0v) is 13.4. The summed E-state index contributed by atoms with van der Waals surface area (Å²) in [5.41, 5.74) is 0.961. The minimum Gasteiger partial charge on any atom is -0.378 e. The van der Waals surface area contributed by atoms with Gasteiger partial charge >= 0.3 is 0 Å². The lowest BCUT2D eigenvalue weighted by atomic mass is 10.2. The molecule has 0 aliphatic carbocycles. The Hall–Kier alpha value is -0.650. The van der Waals surface area contributed by atoms with Crippen LogP contribution in [0.15, 0.2) is 39.3 Å². The molecule has 0 radical (unpaired) electrons. The van der Waals surface area contributed by atoms with Crippen LogP contribution in [0.25, 0.3) is 0 Å². The van der Waals surface area contributed by atoms with Crippen LogP contribution >= 0.6 is 43.5 Å². The van der Waals surface area contributed by atoms with Gasteiger partial charge in [-0.15, -0.1) is 0 Å². The van der Waals surface area contributed by atoms with E-state index in [1.165, 1.54) is 0 Å². The second kappa shape index (κ2) is 6.20. The van der Waals surface area contributed by atoms with Gasteiger partial charge in [0.15, 0.2) is 0 Å². The summed E-state index contributed by atoms with van der Waals surface area (Å²) in [6.07, 6.45) is 0. The van der Waals surface area contributed by atoms with Crippen LogP contribution in [-0.4, -0.2) is 0 Å². The maximum atomic E-state index is 13.6. The Balaban J connectivity index is 2.19. The highest BCUT2D eigenvalue weighted by Gasteiger charge is 2.09. The van der Waals surface area contributed by atoms with Crippen molar-refractivity contribution in [1.29, 1.82) is 0 Å². The Morgan fingerprint density at radius 2 is 1.74 bits per heavy atom. The Kier molecular flexibility index (Phi) is 4.81. The van der Waals surface area contributed by atoms with Gasteiger partial charge in [0.2, 0.25) is 0 Å². The average molecular weight is 411 g/mol. The van der Waals surface area contributed by atoms with Crippen LogP contribution in [0, 0.1) is 11.6 Å². The van der Waals surface area contributed by atoms with Crippen LogP contribution in [0.1, 0.15) is 5.56 Å². The minimum absolute atomic E-state index is 0.0967. The molecular weight excluding hydrogens is 403 g/mol. The third-order valence-corrected chi connectivity index (χ3v) is 4.10. The van der Waals surface area contributed by atoms with Crippen molar-refractivity contribution in [2.24, 2.45) is 0 Å². The molecule has 19 heavy (non-hydrogen) atoms. The van der Waals surface area contributed by atoms with E-state index in [-0.39, 0.29) is 10.2 Å². The monoisotopic (exact) mass is 409 g/mol. The smallest absolute Gasteiger partial charge is 0.147 e. The van der Waals surface area contributed by atoms with Gasteiger partial charge in [-0.1, -0.05) is 27.5 Å². The van der Waals surface area contributed by atoms with Gasteiger partial charge in [0.1, 0.15) is 11.6 Å². The lowest BCUT2D eigenvalue weighted by Gasteiger charge is -2.10. The fraction of sp³-hybridized carbons (Fsp3) is 0.0769. The minimum atomic E-state index is -0.522. The van der Waals surface area contributed by atoms with E-state index in [1.807, 2.05) is 0 Å². The van der Waals surface area contributed by atoms with Gasteiger partial charge in [0.25, 0.3) is 0 Å². The molecule has 0 heterocycles. The van der Waals surface area contributed by atoms with Gasteiger partial charge in [-0.2, -0.15) is 0 Å². The Bertz CT molecular complexity index is 620. The molecule has 6 heteroatoms. The van der Waals surface area contributed by atoms with Gasteiger partial charge in [0.05, 0.1) is 10.2 Å². The van der Waals surface area contributed by atoms with Gasteiger partial charge in [0, 0.05) is 22.1 Å². The third-order valence-electron chi connectivity index (χ3n) is 2.49. The van der Waals surface area contributed by atoms with Crippen molar-refractivity contribution in [2.45, 2.75) is 6.54 Å². The molecule has 0 aliphatic heterocycles. The normalized spacial score (nSPS) is 10.6. The summed E-state index contributed by atoms with van der Waals surface area (Å²) in [6, 6.07) is 7.50. The molecule has 1 nitrogen and oxygen atoms in total. The third kappa shape index (κ3) is 3.68. The SMILES string of the molecule is Fc1cc(NCc2cc(Cl)ccc2Br)c(F)cc1Br. The summed E-state index contributed by atoms with van der Waals surface area (Å²) in [7, 11) is 0. The molecule has 100 valence electrons. The standard InChI is InChI=1S/C13H8Br2ClF2N/c14-9-2-1-8(16)3-7(9)6-19-13-5-11(17)10(15)4-12(13)18/h1-5,19H,6H2. The number of halogens is 5. The zero-order chi connectivity index (χ0) is 14.0. The number of benzene rings is 2. The maximum Gasteiger partial charge on any atom is 0.147 e. The van der Waals surface area contributed by atoms with Crippen molar-refractivity contribution in [3.63, 3.8) is 0 Å². The van der Waals surface area contributed by atoms with E-state index in [4.69, 9.17) is 11.6 Å². The van der Waals surface area contributed by atoms with Gasteiger partial charge in [-0.25, -0.2) is 8.78 Å². The van der Waals surface area contributed by atoms with E-state index in [0.717, 1.165) is 22.2 Å². The largest absolute Gasteiger partial charge is 0.378 e. The number of anilines is 1. The maximum absolute atomic E-state index is 13.6. The van der Waals surface area contributed by atoms with Crippen LogP contribution in [-0.2, 0) is 6.54 Å². The highest BCUT2D eigenvalue weighted by molar-refractivity contribution is 9.10. The molecule has 2 aromatic rings. The van der Waals surface area contributed by atoms with Crippen molar-refractivity contribution in [3.8, 4) is 0 Å². The number of hydrogen-bond donors (Lipinski definition) is 1.